The number of hydrogen-bond acceptors (Lipinski definition) is 5. The van der Waals surface area contributed by atoms with Crippen LogP contribution in [-0.4, -0.2) is 37.7 Å². The minimum atomic E-state index is -3.26. The molecule has 0 fully saturated rings. The molecule has 22 heavy (non-hydrogen) atoms. The molecule has 0 aliphatic carbocycles. The van der Waals surface area contributed by atoms with Crippen LogP contribution < -0.4 is 9.47 Å². The van der Waals surface area contributed by atoms with Crippen molar-refractivity contribution in [2.75, 3.05) is 19.5 Å². The van der Waals surface area contributed by atoms with E-state index in [2.05, 4.69) is 5.10 Å². The Morgan fingerprint density at radius 1 is 1.32 bits per heavy atom. The van der Waals surface area contributed by atoms with Crippen LogP contribution in [0.2, 0.25) is 5.02 Å². The molecule has 6 nitrogen and oxygen atoms in total. The lowest BCUT2D eigenvalue weighted by Gasteiger charge is -2.11. The van der Waals surface area contributed by atoms with Crippen LogP contribution in [0, 0.1) is 0 Å². The molecule has 0 atom stereocenters. The highest BCUT2D eigenvalue weighted by atomic mass is 35.5. The molecule has 0 amide bonds. The number of sulfone groups is 1. The molecule has 0 spiro atoms. The minimum Gasteiger partial charge on any atom is -0.489 e. The smallest absolute Gasteiger partial charge is 0.179 e. The normalized spacial score (nSPS) is 14.6. The summed E-state index contributed by atoms with van der Waals surface area (Å²) in [5.41, 5.74) is 0.859. The van der Waals surface area contributed by atoms with Crippen LogP contribution in [-0.2, 0) is 16.4 Å². The second kappa shape index (κ2) is 5.81. The van der Waals surface area contributed by atoms with Gasteiger partial charge in [0.15, 0.2) is 21.3 Å². The third-order valence-corrected chi connectivity index (χ3v) is 4.59. The molecular formula is C14H15ClN2O4S. The third-order valence-electron chi connectivity index (χ3n) is 3.24. The highest BCUT2D eigenvalue weighted by molar-refractivity contribution is 7.90. The highest BCUT2D eigenvalue weighted by Gasteiger charge is 2.16. The number of halogens is 1. The summed E-state index contributed by atoms with van der Waals surface area (Å²) in [6.45, 7) is 1.54. The van der Waals surface area contributed by atoms with E-state index in [1.807, 2.05) is 6.07 Å². The van der Waals surface area contributed by atoms with Gasteiger partial charge in [-0.25, -0.2) is 8.42 Å². The van der Waals surface area contributed by atoms with Crippen LogP contribution >= 0.6 is 11.6 Å². The van der Waals surface area contributed by atoms with E-state index < -0.39 is 9.84 Å². The molecule has 2 aromatic rings. The van der Waals surface area contributed by atoms with Gasteiger partial charge in [-0.2, -0.15) is 5.10 Å². The Bertz CT molecular complexity index is 801. The molecule has 0 unspecified atom stereocenters. The van der Waals surface area contributed by atoms with Crippen molar-refractivity contribution < 1.29 is 17.9 Å². The lowest BCUT2D eigenvalue weighted by Crippen LogP contribution is -2.02. The van der Waals surface area contributed by atoms with E-state index in [1.165, 1.54) is 12.4 Å². The number of nitrogens with zero attached hydrogens (tertiary/aromatic N) is 2. The largest absolute Gasteiger partial charge is 0.489 e. The van der Waals surface area contributed by atoms with Gasteiger partial charge in [0.25, 0.3) is 0 Å². The maximum absolute atomic E-state index is 11.5. The summed E-state index contributed by atoms with van der Waals surface area (Å²) in [6, 6.07) is 3.62. The van der Waals surface area contributed by atoms with E-state index >= 15 is 0 Å². The Hall–Kier alpha value is -1.73. The standard InChI is InChI=1S/C14H15ClN2O4S/c1-22(18,19)11-7-16-17(9-11)8-10-5-12(15)14-13(6-10)20-3-2-4-21-14/h5-7,9H,2-4,8H2,1H3. The van der Waals surface area contributed by atoms with E-state index in [9.17, 15) is 8.42 Å². The first-order valence-corrected chi connectivity index (χ1v) is 9.01. The second-order valence-electron chi connectivity index (χ2n) is 5.10. The Morgan fingerprint density at radius 2 is 2.09 bits per heavy atom. The Morgan fingerprint density at radius 3 is 2.82 bits per heavy atom. The number of fused-ring (bicyclic) bond motifs is 1. The van der Waals surface area contributed by atoms with Gasteiger partial charge in [-0.15, -0.1) is 0 Å². The average Bonchev–Trinajstić information content (AvgIpc) is 2.77. The van der Waals surface area contributed by atoms with Crippen LogP contribution in [0.25, 0.3) is 0 Å². The summed E-state index contributed by atoms with van der Waals surface area (Å²) in [5, 5.41) is 4.54. The van der Waals surface area contributed by atoms with E-state index in [0.29, 0.717) is 36.3 Å². The number of rotatable bonds is 3. The van der Waals surface area contributed by atoms with Crippen LogP contribution in [0.4, 0.5) is 0 Å². The van der Waals surface area contributed by atoms with E-state index in [-0.39, 0.29) is 4.90 Å². The zero-order valence-electron chi connectivity index (χ0n) is 12.0. The summed E-state index contributed by atoms with van der Waals surface area (Å²) in [7, 11) is -3.26. The van der Waals surface area contributed by atoms with Crippen molar-refractivity contribution in [3.8, 4) is 11.5 Å². The van der Waals surface area contributed by atoms with Gasteiger partial charge >= 0.3 is 0 Å². The number of benzene rings is 1. The maximum Gasteiger partial charge on any atom is 0.179 e. The zero-order valence-corrected chi connectivity index (χ0v) is 13.5. The average molecular weight is 343 g/mol. The molecule has 0 N–H and O–H groups in total. The van der Waals surface area contributed by atoms with E-state index in [1.54, 1.807) is 10.7 Å². The molecule has 1 aliphatic heterocycles. The second-order valence-corrected chi connectivity index (χ2v) is 7.52. The molecular weight excluding hydrogens is 328 g/mol. The monoisotopic (exact) mass is 342 g/mol. The predicted octanol–water partition coefficient (Wildman–Crippen LogP) is 2.15. The fourth-order valence-corrected chi connectivity index (χ4v) is 3.02. The molecule has 0 saturated heterocycles. The van der Waals surface area contributed by atoms with Crippen molar-refractivity contribution >= 4 is 21.4 Å². The Labute approximate surface area is 133 Å². The topological polar surface area (TPSA) is 70.4 Å². The fourth-order valence-electron chi connectivity index (χ4n) is 2.19. The summed E-state index contributed by atoms with van der Waals surface area (Å²) in [6.07, 6.45) is 4.78. The molecule has 1 aliphatic rings. The van der Waals surface area contributed by atoms with Crippen molar-refractivity contribution in [1.29, 1.82) is 0 Å². The molecule has 8 heteroatoms. The maximum atomic E-state index is 11.5. The summed E-state index contributed by atoms with van der Waals surface area (Å²) in [5.74, 6) is 1.16. The highest BCUT2D eigenvalue weighted by Crippen LogP contribution is 2.38. The third kappa shape index (κ3) is 3.20. The summed E-state index contributed by atoms with van der Waals surface area (Å²) < 4.78 is 35.7. The van der Waals surface area contributed by atoms with Crippen LogP contribution in [0.15, 0.2) is 29.4 Å². The molecule has 3 rings (SSSR count). The number of aromatic nitrogens is 2. The van der Waals surface area contributed by atoms with Gasteiger partial charge in [0.2, 0.25) is 0 Å². The van der Waals surface area contributed by atoms with Gasteiger partial charge in [0, 0.05) is 18.9 Å². The van der Waals surface area contributed by atoms with Gasteiger partial charge in [-0.1, -0.05) is 11.6 Å². The molecule has 0 bridgehead atoms. The first-order chi connectivity index (χ1) is 10.4. The lowest BCUT2D eigenvalue weighted by atomic mass is 10.2. The Kier molecular flexibility index (Phi) is 4.01. The van der Waals surface area contributed by atoms with Gasteiger partial charge in [-0.05, 0) is 17.7 Å². The SMILES string of the molecule is CS(=O)(=O)c1cnn(Cc2cc(Cl)c3c(c2)OCCCO3)c1. The first kappa shape index (κ1) is 15.2. The molecule has 118 valence electrons. The minimum absolute atomic E-state index is 0.188. The van der Waals surface area contributed by atoms with Crippen LogP contribution in [0.3, 0.4) is 0 Å². The zero-order chi connectivity index (χ0) is 15.7. The van der Waals surface area contributed by atoms with Crippen molar-refractivity contribution in [1.82, 2.24) is 9.78 Å². The van der Waals surface area contributed by atoms with Crippen LogP contribution in [0.5, 0.6) is 11.5 Å². The number of hydrogen-bond donors (Lipinski definition) is 0. The molecule has 0 saturated carbocycles. The lowest BCUT2D eigenvalue weighted by molar-refractivity contribution is 0.297. The summed E-state index contributed by atoms with van der Waals surface area (Å²) in [4.78, 5) is 0.188. The number of ether oxygens (including phenoxy) is 2. The quantitative estimate of drug-likeness (QED) is 0.854. The van der Waals surface area contributed by atoms with Gasteiger partial charge in [-0.3, -0.25) is 4.68 Å². The summed E-state index contributed by atoms with van der Waals surface area (Å²) >= 11 is 6.23. The molecule has 1 aromatic carbocycles. The van der Waals surface area contributed by atoms with E-state index in [0.717, 1.165) is 18.2 Å². The fraction of sp³-hybridized carbons (Fsp3) is 0.357. The van der Waals surface area contributed by atoms with Gasteiger partial charge < -0.3 is 9.47 Å². The Balaban J connectivity index is 1.88. The molecule has 1 aromatic heterocycles. The van der Waals surface area contributed by atoms with Gasteiger partial charge in [0.05, 0.1) is 31.0 Å². The molecule has 0 radical (unpaired) electrons. The van der Waals surface area contributed by atoms with Crippen molar-refractivity contribution in [2.24, 2.45) is 0 Å². The van der Waals surface area contributed by atoms with Crippen molar-refractivity contribution in [3.05, 3.63) is 35.1 Å². The van der Waals surface area contributed by atoms with Crippen molar-refractivity contribution in [3.63, 3.8) is 0 Å². The first-order valence-electron chi connectivity index (χ1n) is 6.74. The predicted molar refractivity (Wildman–Crippen MR) is 81.5 cm³/mol. The molecule has 2 heterocycles. The van der Waals surface area contributed by atoms with E-state index in [4.69, 9.17) is 21.1 Å². The van der Waals surface area contributed by atoms with Crippen molar-refractivity contribution in [2.45, 2.75) is 17.9 Å². The van der Waals surface area contributed by atoms with Crippen LogP contribution in [0.1, 0.15) is 12.0 Å². The van der Waals surface area contributed by atoms with Gasteiger partial charge in [0.1, 0.15) is 4.90 Å².